The normalized spacial score (nSPS) is 10.9. The molecule has 2 heterocycles. The van der Waals surface area contributed by atoms with E-state index in [9.17, 15) is 4.79 Å². The Balaban J connectivity index is 1.85. The zero-order valence-electron chi connectivity index (χ0n) is 11.6. The van der Waals surface area contributed by atoms with E-state index in [0.29, 0.717) is 25.2 Å². The molecule has 0 amide bonds. The lowest BCUT2D eigenvalue weighted by molar-refractivity contribution is 0.0989. The van der Waals surface area contributed by atoms with Gasteiger partial charge in [0.1, 0.15) is 5.69 Å². The molecule has 2 N–H and O–H groups in total. The number of hydrogen-bond donors (Lipinski definition) is 1. The predicted octanol–water partition coefficient (Wildman–Crippen LogP) is 1.82. The Hall–Kier alpha value is -2.53. The molecule has 0 unspecified atom stereocenters. The molecule has 0 saturated carbocycles. The highest BCUT2D eigenvalue weighted by molar-refractivity contribution is 5.98. The van der Waals surface area contributed by atoms with Crippen molar-refractivity contribution in [2.45, 2.75) is 13.0 Å². The van der Waals surface area contributed by atoms with E-state index in [2.05, 4.69) is 9.97 Å². The number of fused-ring (bicyclic) bond motifs is 1. The molecule has 0 bridgehead atoms. The van der Waals surface area contributed by atoms with Gasteiger partial charge in [-0.2, -0.15) is 0 Å². The van der Waals surface area contributed by atoms with Gasteiger partial charge in [0.25, 0.3) is 0 Å². The van der Waals surface area contributed by atoms with Gasteiger partial charge in [-0.3, -0.25) is 9.78 Å². The zero-order chi connectivity index (χ0) is 14.7. The van der Waals surface area contributed by atoms with Gasteiger partial charge >= 0.3 is 0 Å². The summed E-state index contributed by atoms with van der Waals surface area (Å²) in [6, 6.07) is 9.71. The number of benzene rings is 1. The summed E-state index contributed by atoms with van der Waals surface area (Å²) in [7, 11) is 0. The molecule has 2 aromatic heterocycles. The van der Waals surface area contributed by atoms with E-state index in [4.69, 9.17) is 5.73 Å². The number of carbonyl (C=O) groups is 1. The third kappa shape index (κ3) is 2.83. The fraction of sp³-hybridized carbons (Fsp3) is 0.188. The second-order valence-corrected chi connectivity index (χ2v) is 4.87. The molecular formula is C16H16N4O. The number of aromatic nitrogens is 3. The third-order valence-electron chi connectivity index (χ3n) is 3.40. The van der Waals surface area contributed by atoms with E-state index in [1.807, 2.05) is 34.9 Å². The number of imidazole rings is 1. The molecule has 0 radical (unpaired) electrons. The molecule has 0 atom stereocenters. The molecule has 0 aliphatic heterocycles. The van der Waals surface area contributed by atoms with Gasteiger partial charge < -0.3 is 10.3 Å². The van der Waals surface area contributed by atoms with Crippen LogP contribution >= 0.6 is 0 Å². The monoisotopic (exact) mass is 280 g/mol. The molecule has 21 heavy (non-hydrogen) atoms. The number of nitrogens with two attached hydrogens (primary N) is 1. The topological polar surface area (TPSA) is 73.8 Å². The molecule has 5 nitrogen and oxygen atoms in total. The first kappa shape index (κ1) is 13.5. The Morgan fingerprint density at radius 2 is 2.05 bits per heavy atom. The van der Waals surface area contributed by atoms with Crippen LogP contribution in [0, 0.1) is 0 Å². The Kier molecular flexibility index (Phi) is 3.75. The van der Waals surface area contributed by atoms with Gasteiger partial charge in [-0.25, -0.2) is 4.98 Å². The van der Waals surface area contributed by atoms with E-state index < -0.39 is 0 Å². The number of rotatable bonds is 5. The Labute approximate surface area is 122 Å². The summed E-state index contributed by atoms with van der Waals surface area (Å²) < 4.78 is 1.83. The number of para-hydroxylation sites is 1. The van der Waals surface area contributed by atoms with Crippen molar-refractivity contribution in [2.75, 3.05) is 6.54 Å². The number of carbonyl (C=O) groups excluding carboxylic acids is 1. The smallest absolute Gasteiger partial charge is 0.187 e. The van der Waals surface area contributed by atoms with Crippen LogP contribution in [-0.2, 0) is 13.0 Å². The van der Waals surface area contributed by atoms with Crippen LogP contribution in [0.3, 0.4) is 0 Å². The lowest BCUT2D eigenvalue weighted by Crippen LogP contribution is -2.08. The Bertz CT molecular complexity index is 773. The number of nitrogens with zero attached hydrogens (tertiary/aromatic N) is 3. The van der Waals surface area contributed by atoms with Gasteiger partial charge in [0.15, 0.2) is 5.78 Å². The first-order valence-corrected chi connectivity index (χ1v) is 6.85. The SMILES string of the molecule is NCCn1cnc(C(=O)Cc2ccnc3ccccc23)c1. The molecule has 0 aliphatic carbocycles. The molecule has 0 fully saturated rings. The zero-order valence-corrected chi connectivity index (χ0v) is 11.6. The average molecular weight is 280 g/mol. The lowest BCUT2D eigenvalue weighted by Gasteiger charge is -2.04. The van der Waals surface area contributed by atoms with Crippen molar-refractivity contribution in [1.29, 1.82) is 0 Å². The largest absolute Gasteiger partial charge is 0.335 e. The summed E-state index contributed by atoms with van der Waals surface area (Å²) in [5.74, 6) is 0.00197. The fourth-order valence-electron chi connectivity index (χ4n) is 2.35. The van der Waals surface area contributed by atoms with Crippen LogP contribution < -0.4 is 5.73 Å². The van der Waals surface area contributed by atoms with Crippen LogP contribution in [-0.4, -0.2) is 26.9 Å². The molecule has 1 aromatic carbocycles. The third-order valence-corrected chi connectivity index (χ3v) is 3.40. The minimum Gasteiger partial charge on any atom is -0.335 e. The number of hydrogen-bond acceptors (Lipinski definition) is 4. The van der Waals surface area contributed by atoms with Gasteiger partial charge in [-0.1, -0.05) is 18.2 Å². The first-order valence-electron chi connectivity index (χ1n) is 6.85. The van der Waals surface area contributed by atoms with E-state index in [1.54, 1.807) is 18.7 Å². The standard InChI is InChI=1S/C16H16N4O/c17-6-8-20-10-15(19-11-20)16(21)9-12-5-7-18-14-4-2-1-3-13(12)14/h1-5,7,10-11H,6,8-9,17H2. The van der Waals surface area contributed by atoms with E-state index >= 15 is 0 Å². The quantitative estimate of drug-likeness (QED) is 0.723. The van der Waals surface area contributed by atoms with Crippen molar-refractivity contribution in [3.8, 4) is 0 Å². The van der Waals surface area contributed by atoms with Gasteiger partial charge in [-0.15, -0.1) is 0 Å². The summed E-state index contributed by atoms with van der Waals surface area (Å²) in [4.78, 5) is 20.8. The summed E-state index contributed by atoms with van der Waals surface area (Å²) in [5, 5.41) is 1.01. The first-order chi connectivity index (χ1) is 10.3. The van der Waals surface area contributed by atoms with E-state index in [1.165, 1.54) is 0 Å². The van der Waals surface area contributed by atoms with Crippen LogP contribution in [0.4, 0.5) is 0 Å². The second kappa shape index (κ2) is 5.85. The second-order valence-electron chi connectivity index (χ2n) is 4.87. The molecule has 5 heteroatoms. The van der Waals surface area contributed by atoms with Crippen molar-refractivity contribution >= 4 is 16.7 Å². The molecule has 106 valence electrons. The minimum absolute atomic E-state index is 0.00197. The van der Waals surface area contributed by atoms with Crippen molar-refractivity contribution in [3.05, 3.63) is 60.3 Å². The minimum atomic E-state index is 0.00197. The Morgan fingerprint density at radius 3 is 2.90 bits per heavy atom. The maximum Gasteiger partial charge on any atom is 0.187 e. The highest BCUT2D eigenvalue weighted by Gasteiger charge is 2.12. The molecule has 3 rings (SSSR count). The molecule has 0 spiro atoms. The van der Waals surface area contributed by atoms with Gasteiger partial charge in [0.05, 0.1) is 11.8 Å². The highest BCUT2D eigenvalue weighted by Crippen LogP contribution is 2.17. The Morgan fingerprint density at radius 1 is 1.19 bits per heavy atom. The predicted molar refractivity (Wildman–Crippen MR) is 81.1 cm³/mol. The van der Waals surface area contributed by atoms with Crippen molar-refractivity contribution < 1.29 is 4.79 Å². The summed E-state index contributed by atoms with van der Waals surface area (Å²) in [5.41, 5.74) is 7.84. The molecule has 0 saturated heterocycles. The van der Waals surface area contributed by atoms with Crippen LogP contribution in [0.5, 0.6) is 0 Å². The van der Waals surface area contributed by atoms with E-state index in [-0.39, 0.29) is 5.78 Å². The lowest BCUT2D eigenvalue weighted by atomic mass is 10.0. The van der Waals surface area contributed by atoms with E-state index in [0.717, 1.165) is 16.5 Å². The van der Waals surface area contributed by atoms with Crippen LogP contribution in [0.25, 0.3) is 10.9 Å². The number of Topliss-reactive ketones (excluding diaryl/α,β-unsaturated/α-hetero) is 1. The summed E-state index contributed by atoms with van der Waals surface area (Å²) in [6.07, 6.45) is 5.45. The van der Waals surface area contributed by atoms with Crippen molar-refractivity contribution in [2.24, 2.45) is 5.73 Å². The van der Waals surface area contributed by atoms with Gasteiger partial charge in [0, 0.05) is 37.3 Å². The molecule has 3 aromatic rings. The summed E-state index contributed by atoms with van der Waals surface area (Å²) in [6.45, 7) is 1.19. The van der Waals surface area contributed by atoms with Gasteiger partial charge in [0.2, 0.25) is 0 Å². The highest BCUT2D eigenvalue weighted by atomic mass is 16.1. The number of ketones is 1. The van der Waals surface area contributed by atoms with Crippen LogP contribution in [0.1, 0.15) is 16.1 Å². The number of pyridine rings is 1. The van der Waals surface area contributed by atoms with Crippen LogP contribution in [0.15, 0.2) is 49.1 Å². The maximum absolute atomic E-state index is 12.3. The molecule has 0 aliphatic rings. The van der Waals surface area contributed by atoms with Crippen molar-refractivity contribution in [3.63, 3.8) is 0 Å². The average Bonchev–Trinajstić information content (AvgIpc) is 2.97. The molecular weight excluding hydrogens is 264 g/mol. The fourth-order valence-corrected chi connectivity index (χ4v) is 2.35. The summed E-state index contributed by atoms with van der Waals surface area (Å²) >= 11 is 0. The van der Waals surface area contributed by atoms with Gasteiger partial charge in [-0.05, 0) is 17.7 Å². The maximum atomic E-state index is 12.3. The van der Waals surface area contributed by atoms with Crippen LogP contribution in [0.2, 0.25) is 0 Å². The van der Waals surface area contributed by atoms with Crippen molar-refractivity contribution in [1.82, 2.24) is 14.5 Å².